The number of rotatable bonds is 16. The Morgan fingerprint density at radius 2 is 1.16 bits per heavy atom. The second-order valence-electron chi connectivity index (χ2n) is 10.7. The molecule has 0 atom stereocenters. The van der Waals surface area contributed by atoms with E-state index in [1.165, 1.54) is 38.4 Å². The summed E-state index contributed by atoms with van der Waals surface area (Å²) < 4.78 is 47.5. The molecule has 4 rings (SSSR count). The summed E-state index contributed by atoms with van der Waals surface area (Å²) in [5.74, 6) is 1.02. The number of nitrogens with two attached hydrogens (primary N) is 2. The number of fused-ring (bicyclic) bond motifs is 2. The Balaban J connectivity index is 0.000000236. The van der Waals surface area contributed by atoms with E-state index in [0.29, 0.717) is 24.6 Å². The summed E-state index contributed by atoms with van der Waals surface area (Å²) in [7, 11) is 1.67. The van der Waals surface area contributed by atoms with Crippen LogP contribution in [0.2, 0.25) is 0 Å². The lowest BCUT2D eigenvalue weighted by molar-refractivity contribution is -0.141. The molecule has 4 heterocycles. The molecule has 0 saturated heterocycles. The molecule has 0 bridgehead atoms. The van der Waals surface area contributed by atoms with Gasteiger partial charge in [0.2, 0.25) is 0 Å². The van der Waals surface area contributed by atoms with E-state index in [4.69, 9.17) is 16.2 Å². The summed E-state index contributed by atoms with van der Waals surface area (Å²) in [6.07, 6.45) is 12.7. The smallest absolute Gasteiger partial charge is 0.383 e. The van der Waals surface area contributed by atoms with E-state index in [1.807, 2.05) is 0 Å². The third-order valence-electron chi connectivity index (χ3n) is 7.33. The first-order valence-electron chi connectivity index (χ1n) is 15.2. The molecule has 0 saturated carbocycles. The van der Waals surface area contributed by atoms with Crippen molar-refractivity contribution in [1.82, 2.24) is 39.2 Å². The Kier molecular flexibility index (Phi) is 13.4. The Bertz CT molecular complexity index is 1400. The molecule has 4 aromatic rings. The van der Waals surface area contributed by atoms with E-state index in [2.05, 4.69) is 44.0 Å². The minimum absolute atomic E-state index is 0.0148. The minimum Gasteiger partial charge on any atom is -0.383 e. The molecule has 238 valence electrons. The summed E-state index contributed by atoms with van der Waals surface area (Å²) in [6.45, 7) is 4.81. The molecule has 0 aliphatic carbocycles. The lowest BCUT2D eigenvalue weighted by Crippen LogP contribution is -2.17. The van der Waals surface area contributed by atoms with Gasteiger partial charge in [-0.25, -0.2) is 9.97 Å². The van der Waals surface area contributed by atoms with Crippen LogP contribution >= 0.6 is 0 Å². The Hall–Kier alpha value is -3.55. The first-order chi connectivity index (χ1) is 20.7. The second-order valence-corrected chi connectivity index (χ2v) is 10.7. The topological polar surface area (TPSA) is 147 Å². The fourth-order valence-electron chi connectivity index (χ4n) is 5.02. The van der Waals surface area contributed by atoms with E-state index in [9.17, 15) is 13.2 Å². The van der Waals surface area contributed by atoms with Gasteiger partial charge in [-0.1, -0.05) is 78.1 Å². The first-order valence-corrected chi connectivity index (χ1v) is 15.2. The van der Waals surface area contributed by atoms with Crippen LogP contribution in [-0.4, -0.2) is 46.3 Å². The van der Waals surface area contributed by atoms with Gasteiger partial charge in [0.15, 0.2) is 5.69 Å². The molecule has 0 spiro atoms. The van der Waals surface area contributed by atoms with E-state index in [0.717, 1.165) is 67.0 Å². The SMILES string of the molecule is CCCCCCCCc1c(C(F)(F)F)nc2ncnn2c1N.CCCCCCCCc1c(COC)nc2ncnn2c1N. The van der Waals surface area contributed by atoms with Crippen LogP contribution in [0.5, 0.6) is 0 Å². The van der Waals surface area contributed by atoms with Gasteiger partial charge in [0, 0.05) is 18.2 Å². The van der Waals surface area contributed by atoms with Gasteiger partial charge in [-0.15, -0.1) is 0 Å². The van der Waals surface area contributed by atoms with Gasteiger partial charge in [0.1, 0.15) is 24.3 Å². The molecule has 0 aliphatic heterocycles. The molecule has 14 heteroatoms. The lowest BCUT2D eigenvalue weighted by atomic mass is 10.0. The second kappa shape index (κ2) is 16.9. The average Bonchev–Trinajstić information content (AvgIpc) is 3.65. The number of alkyl halides is 3. The number of methoxy groups -OCH3 is 1. The van der Waals surface area contributed by atoms with Crippen molar-refractivity contribution in [3.05, 3.63) is 35.2 Å². The molecular weight excluding hydrogens is 561 g/mol. The highest BCUT2D eigenvalue weighted by Gasteiger charge is 2.37. The van der Waals surface area contributed by atoms with Crippen LogP contribution < -0.4 is 11.5 Å². The highest BCUT2D eigenvalue weighted by molar-refractivity contribution is 5.51. The lowest BCUT2D eigenvalue weighted by Gasteiger charge is -2.14. The summed E-state index contributed by atoms with van der Waals surface area (Å²) in [5.41, 5.74) is 13.1. The number of nitrogen functional groups attached to an aromatic ring is 2. The summed E-state index contributed by atoms with van der Waals surface area (Å²) in [5, 5.41) is 7.95. The number of halogens is 3. The highest BCUT2D eigenvalue weighted by Crippen LogP contribution is 2.34. The summed E-state index contributed by atoms with van der Waals surface area (Å²) >= 11 is 0. The van der Waals surface area contributed by atoms with Crippen molar-refractivity contribution in [3.8, 4) is 0 Å². The van der Waals surface area contributed by atoms with Crippen LogP contribution in [0.4, 0.5) is 24.8 Å². The molecule has 43 heavy (non-hydrogen) atoms. The standard InChI is InChI=1S/C15H25N5O.C14H20F3N5/c1-3-4-5-6-7-8-9-12-13(10-21-2)19-15-17-11-18-20(15)14(12)16;1-2-3-4-5-6-7-8-10-11(14(15,16)17)21-13-19-9-20-22(13)12(10)18/h11H,3-10,16H2,1-2H3;9H,2-8,18H2,1H3. The van der Waals surface area contributed by atoms with Crippen molar-refractivity contribution in [2.24, 2.45) is 0 Å². The van der Waals surface area contributed by atoms with Gasteiger partial charge in [0.25, 0.3) is 11.6 Å². The minimum atomic E-state index is -4.54. The molecule has 11 nitrogen and oxygen atoms in total. The maximum atomic E-state index is 13.2. The Morgan fingerprint density at radius 1 is 0.698 bits per heavy atom. The fraction of sp³-hybridized carbons (Fsp3) is 0.655. The molecule has 0 fully saturated rings. The van der Waals surface area contributed by atoms with Crippen molar-refractivity contribution in [1.29, 1.82) is 0 Å². The molecule has 0 aliphatic rings. The van der Waals surface area contributed by atoms with E-state index >= 15 is 0 Å². The zero-order valence-electron chi connectivity index (χ0n) is 25.5. The quantitative estimate of drug-likeness (QED) is 0.139. The Labute approximate surface area is 250 Å². The zero-order valence-corrected chi connectivity index (χ0v) is 25.5. The van der Waals surface area contributed by atoms with Crippen molar-refractivity contribution in [2.75, 3.05) is 18.6 Å². The third kappa shape index (κ3) is 9.47. The number of nitrogens with zero attached hydrogens (tertiary/aromatic N) is 8. The van der Waals surface area contributed by atoms with Crippen molar-refractivity contribution in [3.63, 3.8) is 0 Å². The number of aromatic nitrogens is 8. The largest absolute Gasteiger partial charge is 0.433 e. The van der Waals surface area contributed by atoms with Crippen molar-refractivity contribution < 1.29 is 17.9 Å². The monoisotopic (exact) mass is 606 g/mol. The van der Waals surface area contributed by atoms with Gasteiger partial charge >= 0.3 is 6.18 Å². The number of hydrogen-bond acceptors (Lipinski definition) is 9. The van der Waals surface area contributed by atoms with Crippen LogP contribution in [0.1, 0.15) is 113 Å². The Morgan fingerprint density at radius 3 is 1.67 bits per heavy atom. The number of hydrogen-bond donors (Lipinski definition) is 2. The number of unbranched alkanes of at least 4 members (excludes halogenated alkanes) is 10. The van der Waals surface area contributed by atoms with E-state index in [1.54, 1.807) is 11.6 Å². The maximum Gasteiger partial charge on any atom is 0.433 e. The van der Waals surface area contributed by atoms with Gasteiger partial charge in [-0.2, -0.15) is 42.4 Å². The number of ether oxygens (including phenoxy) is 1. The van der Waals surface area contributed by atoms with E-state index in [-0.39, 0.29) is 23.6 Å². The van der Waals surface area contributed by atoms with Crippen LogP contribution in [0.15, 0.2) is 12.7 Å². The molecule has 0 radical (unpaired) electrons. The highest BCUT2D eigenvalue weighted by atomic mass is 19.4. The van der Waals surface area contributed by atoms with Gasteiger partial charge in [0.05, 0.1) is 12.3 Å². The first kappa shape index (κ1) is 33.9. The van der Waals surface area contributed by atoms with Crippen molar-refractivity contribution >= 4 is 23.2 Å². The molecule has 0 aromatic carbocycles. The fourth-order valence-corrected chi connectivity index (χ4v) is 5.02. The average molecular weight is 607 g/mol. The summed E-state index contributed by atoms with van der Waals surface area (Å²) in [4.78, 5) is 15.9. The predicted octanol–water partition coefficient (Wildman–Crippen LogP) is 6.38. The maximum absolute atomic E-state index is 13.2. The van der Waals surface area contributed by atoms with Gasteiger partial charge in [-0.05, 0) is 25.7 Å². The number of anilines is 2. The van der Waals surface area contributed by atoms with Crippen LogP contribution in [0.3, 0.4) is 0 Å². The zero-order chi connectivity index (χ0) is 31.2. The van der Waals surface area contributed by atoms with Crippen LogP contribution in [0, 0.1) is 0 Å². The molecule has 4 N–H and O–H groups in total. The van der Waals surface area contributed by atoms with Gasteiger partial charge in [-0.3, -0.25) is 0 Å². The summed E-state index contributed by atoms with van der Waals surface area (Å²) in [6, 6.07) is 0. The van der Waals surface area contributed by atoms with Crippen LogP contribution in [0.25, 0.3) is 11.6 Å². The molecule has 4 aromatic heterocycles. The van der Waals surface area contributed by atoms with Gasteiger partial charge < -0.3 is 16.2 Å². The molecule has 0 unspecified atom stereocenters. The molecule has 0 amide bonds. The normalized spacial score (nSPS) is 11.8. The molecular formula is C29H45F3N10O. The van der Waals surface area contributed by atoms with Crippen LogP contribution in [-0.2, 0) is 30.4 Å². The van der Waals surface area contributed by atoms with Crippen molar-refractivity contribution in [2.45, 2.75) is 117 Å². The third-order valence-corrected chi connectivity index (χ3v) is 7.33. The predicted molar refractivity (Wildman–Crippen MR) is 160 cm³/mol. The van der Waals surface area contributed by atoms with E-state index < -0.39 is 11.9 Å².